The molecule has 0 heterocycles. The Balaban J connectivity index is 1.80. The first-order chi connectivity index (χ1) is 8.08. The number of rotatable bonds is 2. The summed E-state index contributed by atoms with van der Waals surface area (Å²) in [7, 11) is 0. The van der Waals surface area contributed by atoms with Gasteiger partial charge in [-0.1, -0.05) is 39.5 Å². The van der Waals surface area contributed by atoms with Crippen LogP contribution in [-0.4, -0.2) is 18.1 Å². The van der Waals surface area contributed by atoms with Crippen molar-refractivity contribution >= 4 is 6.03 Å². The number of amides is 2. The SMILES string of the molecule is CC1(C)CCCCC1NC(=O)NC1CCCC1. The summed E-state index contributed by atoms with van der Waals surface area (Å²) in [5.74, 6) is 0. The summed E-state index contributed by atoms with van der Waals surface area (Å²) in [4.78, 5) is 11.9. The van der Waals surface area contributed by atoms with Crippen molar-refractivity contribution in [3.63, 3.8) is 0 Å². The third-order valence-electron chi connectivity index (χ3n) is 4.50. The monoisotopic (exact) mass is 238 g/mol. The van der Waals surface area contributed by atoms with E-state index >= 15 is 0 Å². The molecule has 98 valence electrons. The van der Waals surface area contributed by atoms with Crippen LogP contribution in [0, 0.1) is 5.41 Å². The van der Waals surface area contributed by atoms with Crippen molar-refractivity contribution in [2.24, 2.45) is 5.41 Å². The van der Waals surface area contributed by atoms with E-state index in [4.69, 9.17) is 0 Å². The molecule has 0 bridgehead atoms. The summed E-state index contributed by atoms with van der Waals surface area (Å²) in [6.07, 6.45) is 9.74. The molecule has 0 aromatic rings. The molecule has 2 aliphatic rings. The predicted octanol–water partition coefficient (Wildman–Crippen LogP) is 3.20. The lowest BCUT2D eigenvalue weighted by atomic mass is 9.73. The van der Waals surface area contributed by atoms with Crippen LogP contribution in [0.4, 0.5) is 4.79 Å². The summed E-state index contributed by atoms with van der Waals surface area (Å²) < 4.78 is 0. The van der Waals surface area contributed by atoms with E-state index in [-0.39, 0.29) is 11.4 Å². The summed E-state index contributed by atoms with van der Waals surface area (Å²) >= 11 is 0. The van der Waals surface area contributed by atoms with E-state index in [0.717, 1.165) is 19.3 Å². The largest absolute Gasteiger partial charge is 0.335 e. The second-order valence-corrected chi connectivity index (χ2v) is 6.39. The second kappa shape index (κ2) is 5.28. The molecule has 0 radical (unpaired) electrons. The van der Waals surface area contributed by atoms with E-state index in [1.54, 1.807) is 0 Å². The molecule has 0 spiro atoms. The summed E-state index contributed by atoms with van der Waals surface area (Å²) in [5, 5.41) is 6.30. The average Bonchev–Trinajstić information content (AvgIpc) is 2.73. The highest BCUT2D eigenvalue weighted by molar-refractivity contribution is 5.74. The number of hydrogen-bond acceptors (Lipinski definition) is 1. The number of hydrogen-bond donors (Lipinski definition) is 2. The van der Waals surface area contributed by atoms with E-state index in [1.165, 1.54) is 32.1 Å². The topological polar surface area (TPSA) is 41.1 Å². The van der Waals surface area contributed by atoms with Gasteiger partial charge < -0.3 is 10.6 Å². The molecule has 2 aliphatic carbocycles. The third kappa shape index (κ3) is 3.36. The average molecular weight is 238 g/mol. The summed E-state index contributed by atoms with van der Waals surface area (Å²) in [6.45, 7) is 4.54. The fourth-order valence-electron chi connectivity index (χ4n) is 3.22. The van der Waals surface area contributed by atoms with Gasteiger partial charge in [0.1, 0.15) is 0 Å². The molecular weight excluding hydrogens is 212 g/mol. The number of carbonyl (C=O) groups excluding carboxylic acids is 1. The highest BCUT2D eigenvalue weighted by Crippen LogP contribution is 2.35. The Morgan fingerprint density at radius 3 is 2.29 bits per heavy atom. The maximum atomic E-state index is 11.9. The lowest BCUT2D eigenvalue weighted by molar-refractivity contribution is 0.165. The van der Waals surface area contributed by atoms with Gasteiger partial charge in [-0.25, -0.2) is 4.79 Å². The Labute approximate surface area is 105 Å². The van der Waals surface area contributed by atoms with Crippen molar-refractivity contribution in [1.29, 1.82) is 0 Å². The minimum atomic E-state index is 0.0527. The van der Waals surface area contributed by atoms with Gasteiger partial charge in [-0.2, -0.15) is 0 Å². The Kier molecular flexibility index (Phi) is 3.95. The normalized spacial score (nSPS) is 28.9. The fourth-order valence-corrected chi connectivity index (χ4v) is 3.22. The smallest absolute Gasteiger partial charge is 0.315 e. The molecule has 2 fully saturated rings. The molecular formula is C14H26N2O. The van der Waals surface area contributed by atoms with Gasteiger partial charge >= 0.3 is 6.03 Å². The minimum Gasteiger partial charge on any atom is -0.335 e. The van der Waals surface area contributed by atoms with Crippen LogP contribution >= 0.6 is 0 Å². The van der Waals surface area contributed by atoms with E-state index in [0.29, 0.717) is 12.1 Å². The minimum absolute atomic E-state index is 0.0527. The molecule has 2 N–H and O–H groups in total. The molecule has 0 saturated heterocycles. The summed E-state index contributed by atoms with van der Waals surface area (Å²) in [6, 6.07) is 0.816. The first kappa shape index (κ1) is 12.7. The second-order valence-electron chi connectivity index (χ2n) is 6.39. The van der Waals surface area contributed by atoms with E-state index < -0.39 is 0 Å². The molecule has 2 saturated carbocycles. The molecule has 1 atom stereocenters. The maximum Gasteiger partial charge on any atom is 0.315 e. The Bertz CT molecular complexity index is 269. The lowest BCUT2D eigenvalue weighted by Crippen LogP contribution is -2.51. The molecule has 0 aromatic carbocycles. The van der Waals surface area contributed by atoms with E-state index in [9.17, 15) is 4.79 Å². The van der Waals surface area contributed by atoms with Crippen molar-refractivity contribution in [3.8, 4) is 0 Å². The highest BCUT2D eigenvalue weighted by atomic mass is 16.2. The number of nitrogens with one attached hydrogen (secondary N) is 2. The quantitative estimate of drug-likeness (QED) is 0.762. The van der Waals surface area contributed by atoms with Crippen molar-refractivity contribution in [2.75, 3.05) is 0 Å². The fraction of sp³-hybridized carbons (Fsp3) is 0.929. The van der Waals surface area contributed by atoms with E-state index in [2.05, 4.69) is 24.5 Å². The highest BCUT2D eigenvalue weighted by Gasteiger charge is 2.33. The van der Waals surface area contributed by atoms with Crippen molar-refractivity contribution in [1.82, 2.24) is 10.6 Å². The van der Waals surface area contributed by atoms with Crippen LogP contribution in [0.25, 0.3) is 0 Å². The van der Waals surface area contributed by atoms with Crippen molar-refractivity contribution in [2.45, 2.75) is 77.3 Å². The van der Waals surface area contributed by atoms with Crippen molar-refractivity contribution in [3.05, 3.63) is 0 Å². The van der Waals surface area contributed by atoms with Crippen molar-refractivity contribution < 1.29 is 4.79 Å². The molecule has 17 heavy (non-hydrogen) atoms. The first-order valence-corrected chi connectivity index (χ1v) is 7.15. The number of urea groups is 1. The van der Waals surface area contributed by atoms with Gasteiger partial charge in [0.2, 0.25) is 0 Å². The molecule has 3 nitrogen and oxygen atoms in total. The Hall–Kier alpha value is -0.730. The van der Waals surface area contributed by atoms with Gasteiger partial charge in [0.25, 0.3) is 0 Å². The maximum absolute atomic E-state index is 11.9. The summed E-state index contributed by atoms with van der Waals surface area (Å²) in [5.41, 5.74) is 0.255. The molecule has 1 unspecified atom stereocenters. The molecule has 0 aromatic heterocycles. The van der Waals surface area contributed by atoms with Crippen LogP contribution in [0.1, 0.15) is 65.2 Å². The van der Waals surface area contributed by atoms with Gasteiger partial charge in [0, 0.05) is 12.1 Å². The van der Waals surface area contributed by atoms with Gasteiger partial charge in [-0.3, -0.25) is 0 Å². The molecule has 2 amide bonds. The van der Waals surface area contributed by atoms with Crippen LogP contribution in [0.2, 0.25) is 0 Å². The lowest BCUT2D eigenvalue weighted by Gasteiger charge is -2.39. The van der Waals surface area contributed by atoms with Crippen LogP contribution in [0.3, 0.4) is 0 Å². The third-order valence-corrected chi connectivity index (χ3v) is 4.50. The van der Waals surface area contributed by atoms with Crippen LogP contribution in [0.15, 0.2) is 0 Å². The zero-order valence-electron chi connectivity index (χ0n) is 11.2. The standard InChI is InChI=1S/C14H26N2O/c1-14(2)10-6-5-9-12(14)16-13(17)15-11-7-3-4-8-11/h11-12H,3-10H2,1-2H3,(H2,15,16,17). The predicted molar refractivity (Wildman–Crippen MR) is 70.0 cm³/mol. The van der Waals surface area contributed by atoms with Gasteiger partial charge in [0.15, 0.2) is 0 Å². The Morgan fingerprint density at radius 1 is 1.00 bits per heavy atom. The zero-order valence-corrected chi connectivity index (χ0v) is 11.2. The van der Waals surface area contributed by atoms with Gasteiger partial charge in [-0.05, 0) is 31.1 Å². The van der Waals surface area contributed by atoms with Crippen LogP contribution < -0.4 is 10.6 Å². The van der Waals surface area contributed by atoms with Crippen LogP contribution in [-0.2, 0) is 0 Å². The van der Waals surface area contributed by atoms with Crippen LogP contribution in [0.5, 0.6) is 0 Å². The van der Waals surface area contributed by atoms with Gasteiger partial charge in [0.05, 0.1) is 0 Å². The molecule has 2 rings (SSSR count). The Morgan fingerprint density at radius 2 is 1.65 bits per heavy atom. The molecule has 0 aliphatic heterocycles. The zero-order chi connectivity index (χ0) is 12.3. The van der Waals surface area contributed by atoms with E-state index in [1.807, 2.05) is 0 Å². The first-order valence-electron chi connectivity index (χ1n) is 7.15. The molecule has 3 heteroatoms. The number of carbonyl (C=O) groups is 1. The van der Waals surface area contributed by atoms with Gasteiger partial charge in [-0.15, -0.1) is 0 Å².